The van der Waals surface area contributed by atoms with Gasteiger partial charge in [0, 0.05) is 35.8 Å². The van der Waals surface area contributed by atoms with Gasteiger partial charge in [0.05, 0.1) is 19.3 Å². The normalized spacial score (nSPS) is 14.0. The fraction of sp³-hybridized carbons (Fsp3) is 0.421. The molecule has 25 heavy (non-hydrogen) atoms. The number of nitrogens with one attached hydrogen (secondary N) is 1. The summed E-state index contributed by atoms with van der Waals surface area (Å²) in [6, 6.07) is 7.66. The average Bonchev–Trinajstić information content (AvgIpc) is 2.59. The molecule has 0 aliphatic carbocycles. The van der Waals surface area contributed by atoms with Crippen LogP contribution in [-0.4, -0.2) is 40.1 Å². The summed E-state index contributed by atoms with van der Waals surface area (Å²) in [5, 5.41) is 3.00. The van der Waals surface area contributed by atoms with E-state index in [-0.39, 0.29) is 11.6 Å². The minimum absolute atomic E-state index is 0.0441. The van der Waals surface area contributed by atoms with Crippen molar-refractivity contribution in [1.82, 2.24) is 20.2 Å². The van der Waals surface area contributed by atoms with Crippen LogP contribution in [0.1, 0.15) is 32.0 Å². The first-order valence-electron chi connectivity index (χ1n) is 8.42. The second kappa shape index (κ2) is 6.70. The van der Waals surface area contributed by atoms with Gasteiger partial charge in [0.1, 0.15) is 5.75 Å². The molecule has 0 bridgehead atoms. The molecule has 2 aromatic rings. The van der Waals surface area contributed by atoms with Gasteiger partial charge in [0.15, 0.2) is 5.82 Å². The highest BCUT2D eigenvalue weighted by Crippen LogP contribution is 2.23. The fourth-order valence-corrected chi connectivity index (χ4v) is 2.77. The van der Waals surface area contributed by atoms with E-state index in [1.165, 1.54) is 0 Å². The number of hydrogen-bond donors (Lipinski definition) is 1. The highest BCUT2D eigenvalue weighted by Gasteiger charge is 2.25. The predicted octanol–water partition coefficient (Wildman–Crippen LogP) is 3.02. The first-order valence-corrected chi connectivity index (χ1v) is 8.42. The molecule has 0 fully saturated rings. The molecule has 1 N–H and O–H groups in total. The lowest BCUT2D eigenvalue weighted by Gasteiger charge is -2.31. The number of benzene rings is 1. The van der Waals surface area contributed by atoms with Crippen LogP contribution in [0.2, 0.25) is 0 Å². The summed E-state index contributed by atoms with van der Waals surface area (Å²) in [5.74, 6) is 1.51. The smallest absolute Gasteiger partial charge is 0.318 e. The molecule has 0 saturated carbocycles. The molecule has 1 aromatic carbocycles. The zero-order chi connectivity index (χ0) is 18.0. The predicted molar refractivity (Wildman–Crippen MR) is 96.4 cm³/mol. The molecule has 0 spiro atoms. The molecule has 6 nitrogen and oxygen atoms in total. The van der Waals surface area contributed by atoms with Gasteiger partial charge in [-0.05, 0) is 45.0 Å². The lowest BCUT2D eigenvalue weighted by molar-refractivity contribution is 0.183. The van der Waals surface area contributed by atoms with Crippen LogP contribution in [0, 0.1) is 0 Å². The molecule has 0 radical (unpaired) electrons. The van der Waals surface area contributed by atoms with E-state index in [0.29, 0.717) is 18.9 Å². The molecule has 2 heterocycles. The molecule has 6 heteroatoms. The number of hydrogen-bond acceptors (Lipinski definition) is 4. The van der Waals surface area contributed by atoms with Crippen LogP contribution in [0.4, 0.5) is 4.79 Å². The maximum absolute atomic E-state index is 12.3. The molecular formula is C19H24N4O2. The van der Waals surface area contributed by atoms with Crippen molar-refractivity contribution in [3.05, 3.63) is 41.7 Å². The Balaban J connectivity index is 1.76. The molecule has 2 amide bonds. The second-order valence-corrected chi connectivity index (χ2v) is 7.25. The van der Waals surface area contributed by atoms with Gasteiger partial charge in [-0.3, -0.25) is 0 Å². The Bertz CT molecular complexity index is 766. The molecule has 0 atom stereocenters. The Morgan fingerprint density at radius 2 is 1.96 bits per heavy atom. The number of amides is 2. The summed E-state index contributed by atoms with van der Waals surface area (Å²) < 4.78 is 5.18. The van der Waals surface area contributed by atoms with Crippen molar-refractivity contribution in [3.63, 3.8) is 0 Å². The number of methoxy groups -OCH3 is 1. The van der Waals surface area contributed by atoms with E-state index in [2.05, 4.69) is 10.3 Å². The summed E-state index contributed by atoms with van der Waals surface area (Å²) in [6.07, 6.45) is 2.57. The van der Waals surface area contributed by atoms with Crippen LogP contribution in [0.3, 0.4) is 0 Å². The van der Waals surface area contributed by atoms with Gasteiger partial charge in [-0.2, -0.15) is 0 Å². The number of urea groups is 1. The largest absolute Gasteiger partial charge is 0.497 e. The number of fused-ring (bicyclic) bond motifs is 1. The van der Waals surface area contributed by atoms with Crippen molar-refractivity contribution in [3.8, 4) is 17.1 Å². The number of aromatic nitrogens is 2. The maximum Gasteiger partial charge on any atom is 0.318 e. The van der Waals surface area contributed by atoms with E-state index >= 15 is 0 Å². The topological polar surface area (TPSA) is 67.4 Å². The Morgan fingerprint density at radius 3 is 2.60 bits per heavy atom. The van der Waals surface area contributed by atoms with Crippen molar-refractivity contribution >= 4 is 6.03 Å². The lowest BCUT2D eigenvalue weighted by Crippen LogP contribution is -2.49. The Labute approximate surface area is 148 Å². The molecule has 1 aliphatic heterocycles. The summed E-state index contributed by atoms with van der Waals surface area (Å²) in [6.45, 7) is 7.14. The third kappa shape index (κ3) is 4.07. The molecule has 1 aromatic heterocycles. The van der Waals surface area contributed by atoms with Crippen molar-refractivity contribution in [2.24, 2.45) is 0 Å². The number of carbonyl (C=O) groups excluding carboxylic acids is 1. The zero-order valence-electron chi connectivity index (χ0n) is 15.2. The number of ether oxygens (including phenoxy) is 1. The van der Waals surface area contributed by atoms with Crippen molar-refractivity contribution in [2.75, 3.05) is 13.7 Å². The van der Waals surface area contributed by atoms with Crippen LogP contribution in [-0.2, 0) is 13.0 Å². The van der Waals surface area contributed by atoms with Gasteiger partial charge in [-0.1, -0.05) is 0 Å². The number of nitrogens with zero attached hydrogens (tertiary/aromatic N) is 3. The van der Waals surface area contributed by atoms with Crippen LogP contribution in [0.5, 0.6) is 5.75 Å². The highest BCUT2D eigenvalue weighted by molar-refractivity contribution is 5.75. The van der Waals surface area contributed by atoms with Crippen LogP contribution < -0.4 is 10.1 Å². The third-order valence-electron chi connectivity index (χ3n) is 4.05. The minimum Gasteiger partial charge on any atom is -0.497 e. The van der Waals surface area contributed by atoms with Gasteiger partial charge >= 0.3 is 6.03 Å². The maximum atomic E-state index is 12.3. The first-order chi connectivity index (χ1) is 11.9. The first kappa shape index (κ1) is 17.2. The van der Waals surface area contributed by atoms with E-state index in [4.69, 9.17) is 9.72 Å². The summed E-state index contributed by atoms with van der Waals surface area (Å²) in [5.41, 5.74) is 2.73. The average molecular weight is 340 g/mol. The Kier molecular flexibility index (Phi) is 4.61. The molecule has 3 rings (SSSR count). The number of carbonyl (C=O) groups is 1. The van der Waals surface area contributed by atoms with Crippen molar-refractivity contribution < 1.29 is 9.53 Å². The van der Waals surface area contributed by atoms with Gasteiger partial charge in [0.25, 0.3) is 0 Å². The minimum atomic E-state index is -0.244. The quantitative estimate of drug-likeness (QED) is 0.912. The van der Waals surface area contributed by atoms with E-state index < -0.39 is 0 Å². The van der Waals surface area contributed by atoms with Gasteiger partial charge in [-0.15, -0.1) is 0 Å². The van der Waals surface area contributed by atoms with Gasteiger partial charge in [0.2, 0.25) is 0 Å². The van der Waals surface area contributed by atoms with Crippen LogP contribution >= 0.6 is 0 Å². The zero-order valence-corrected chi connectivity index (χ0v) is 15.2. The van der Waals surface area contributed by atoms with E-state index in [0.717, 1.165) is 29.0 Å². The molecule has 0 unspecified atom stereocenters. The fourth-order valence-electron chi connectivity index (χ4n) is 2.77. The summed E-state index contributed by atoms with van der Waals surface area (Å²) in [4.78, 5) is 23.3. The lowest BCUT2D eigenvalue weighted by atomic mass is 10.1. The SMILES string of the molecule is COc1ccc(-c2ncc3c(n2)CCN(C(=O)NC(C)(C)C)C3)cc1. The van der Waals surface area contributed by atoms with Gasteiger partial charge in [-0.25, -0.2) is 14.8 Å². The van der Waals surface area contributed by atoms with Crippen molar-refractivity contribution in [1.29, 1.82) is 0 Å². The number of rotatable bonds is 2. The van der Waals surface area contributed by atoms with E-state index in [9.17, 15) is 4.79 Å². The highest BCUT2D eigenvalue weighted by atomic mass is 16.5. The van der Waals surface area contributed by atoms with E-state index in [1.807, 2.05) is 56.1 Å². The van der Waals surface area contributed by atoms with E-state index in [1.54, 1.807) is 7.11 Å². The molecule has 1 aliphatic rings. The Hall–Kier alpha value is -2.63. The summed E-state index contributed by atoms with van der Waals surface area (Å²) >= 11 is 0. The second-order valence-electron chi connectivity index (χ2n) is 7.25. The van der Waals surface area contributed by atoms with Crippen molar-refractivity contribution in [2.45, 2.75) is 39.3 Å². The van der Waals surface area contributed by atoms with Crippen LogP contribution in [0.15, 0.2) is 30.5 Å². The Morgan fingerprint density at radius 1 is 1.24 bits per heavy atom. The summed E-state index contributed by atoms with van der Waals surface area (Å²) in [7, 11) is 1.64. The molecule has 132 valence electrons. The molecule has 0 saturated heterocycles. The van der Waals surface area contributed by atoms with Crippen LogP contribution in [0.25, 0.3) is 11.4 Å². The van der Waals surface area contributed by atoms with Gasteiger partial charge < -0.3 is 15.0 Å². The third-order valence-corrected chi connectivity index (χ3v) is 4.05. The standard InChI is InChI=1S/C19H24N4O2/c1-19(2,3)22-18(24)23-10-9-16-14(12-23)11-20-17(21-16)13-5-7-15(25-4)8-6-13/h5-8,11H,9-10,12H2,1-4H3,(H,22,24). The molecular weight excluding hydrogens is 316 g/mol. The monoisotopic (exact) mass is 340 g/mol.